The molecule has 0 radical (unpaired) electrons. The van der Waals surface area contributed by atoms with Gasteiger partial charge in [0.2, 0.25) is 46.8 Å². The Morgan fingerprint density at radius 2 is 1.04 bits per heavy atom. The highest BCUT2D eigenvalue weighted by atomic mass is 33.1. The third kappa shape index (κ3) is 18.9. The number of methoxy groups -OCH3 is 2. The fourth-order valence-corrected chi connectivity index (χ4v) is 16.9. The van der Waals surface area contributed by atoms with E-state index in [1.807, 2.05) is 18.2 Å². The molecule has 9 rings (SSSR count). The van der Waals surface area contributed by atoms with Gasteiger partial charge in [0.1, 0.15) is 80.8 Å². The lowest BCUT2D eigenvalue weighted by atomic mass is 9.82. The number of hydrogen-bond acceptors (Lipinski definition) is 34. The first-order valence-corrected chi connectivity index (χ1v) is 37.6. The molecule has 41 nitrogen and oxygen atoms in total. The number of allylic oxidation sites excluding steroid dienone is 4. The first-order chi connectivity index (χ1) is 50.6. The quantitative estimate of drug-likeness (QED) is 0.00788. The summed E-state index contributed by atoms with van der Waals surface area (Å²) < 4.78 is 33.0. The maximum atomic E-state index is 13.3. The third-order valence-corrected chi connectivity index (χ3v) is 23.0. The number of ketones is 4. The van der Waals surface area contributed by atoms with E-state index in [4.69, 9.17) is 83.2 Å². The molecule has 584 valence electrons. The zero-order valence-electron chi connectivity index (χ0n) is 57.4. The van der Waals surface area contributed by atoms with Gasteiger partial charge in [0.15, 0.2) is 11.4 Å². The Labute approximate surface area is 628 Å². The van der Waals surface area contributed by atoms with Gasteiger partial charge in [-0.1, -0.05) is 38.4 Å². The standard InChI is InChI=1S/C28H37N7O13S2.C23H25N5O7S2.C10H17N3O6S/c1-11-19(30)22(40)18-12(9-48-26(31)44)28(46-2)23-15(8-34(28)20(18)21(11)39)35(23)27(45)47-5-6-49-50-10-14(24(41)32-7-17(37)38)33-16(36)4-3-13(29)25(42)43;1-11-16(24)19(30)15-12(10-35-21(25)31)23(33-2)20-13(9-27(23)17(15)18(11)29)28(20)22(32)34-7-8-36-37-14-5-3-4-6-26-14;11-5(10(18)19)1-2-7(14)13-6(4-20)9(17)12-3-8(15)16/h12-15,23H,3-10,29-30H2,1-2H3,(H2,31,44)(H,32,41)(H,33,36)(H,37,38)(H,42,43);3-6,12-13,20H,7-10,24H2,1-2H3,(H2,25,31);5-6,20H,1-4,11H2,(H,12,17)(H,13,14)(H,15,16)(H,18,19)/t12-,13+,14-,15+,23+,28-,35?;12-,13+,20+,23-,28?;5-,6+/m110/s1. The van der Waals surface area contributed by atoms with Crippen LogP contribution in [0.15, 0.2) is 74.5 Å². The van der Waals surface area contributed by atoms with Gasteiger partial charge in [0, 0.05) is 91.7 Å². The highest BCUT2D eigenvalue weighted by Crippen LogP contribution is 2.61. The van der Waals surface area contributed by atoms with Gasteiger partial charge in [-0.15, -0.1) is 0 Å². The summed E-state index contributed by atoms with van der Waals surface area (Å²) in [6, 6.07) is -0.932. The summed E-state index contributed by atoms with van der Waals surface area (Å²) in [6.07, 6.45) is -2.36. The van der Waals surface area contributed by atoms with Crippen LogP contribution in [-0.4, -0.2) is 290 Å². The van der Waals surface area contributed by atoms with E-state index in [-0.39, 0.29) is 127 Å². The molecule has 1 aromatic rings. The molecule has 0 spiro atoms. The monoisotopic (exact) mass is 1600 g/mol. The van der Waals surface area contributed by atoms with E-state index in [0.717, 1.165) is 15.8 Å². The van der Waals surface area contributed by atoms with E-state index in [1.54, 1.807) is 16.0 Å². The summed E-state index contributed by atoms with van der Waals surface area (Å²) in [7, 11) is 8.10. The summed E-state index contributed by atoms with van der Waals surface area (Å²) in [4.78, 5) is 203. The number of pyridine rings is 1. The normalized spacial score (nSPS) is 23.5. The lowest BCUT2D eigenvalue weighted by Crippen LogP contribution is -2.56. The first kappa shape index (κ1) is 84.7. The van der Waals surface area contributed by atoms with Crippen molar-refractivity contribution < 1.29 is 126 Å². The molecule has 12 atom stereocenters. The zero-order valence-corrected chi connectivity index (χ0v) is 61.6. The van der Waals surface area contributed by atoms with Gasteiger partial charge in [-0.3, -0.25) is 67.3 Å². The number of piperazine rings is 2. The molecular formula is C61H79N15O26S5. The summed E-state index contributed by atoms with van der Waals surface area (Å²) in [5, 5.41) is 44.6. The number of carboxylic acid groups (broad SMARTS) is 4. The van der Waals surface area contributed by atoms with Gasteiger partial charge < -0.3 is 114 Å². The molecule has 0 saturated carbocycles. The molecule has 2 aliphatic carbocycles. The zero-order chi connectivity index (χ0) is 79.3. The Balaban J connectivity index is 0.000000245. The van der Waals surface area contributed by atoms with Crippen molar-refractivity contribution in [2.75, 3.05) is 89.8 Å². The number of hydrogen-bond donors (Lipinski definition) is 15. The van der Waals surface area contributed by atoms with Crippen molar-refractivity contribution in [3.05, 3.63) is 69.5 Å². The minimum atomic E-state index is -1.45. The Kier molecular flexibility index (Phi) is 29.1. The number of thiol groups is 1. The average molecular weight is 1600 g/mol. The SMILES string of the molecule is CO[C@@]12[C@H](COC(N)=O)C3=C(C(=O)C(C)=C(N)C3=O)N1C[C@H]1[C@@H]2N1C(=O)OCCSSC[C@@H](NC(=O)CC[C@H](N)C(=O)O)C(=O)NCC(=O)O.CO[C@@]12[C@H](COC(N)=O)C3=C(C(=O)C(C)=C(N)C3=O)N1C[C@H]1[C@@H]2N1C(=O)OCCSSc1ccccn1.N[C@@H](CCC(=O)N[C@H](CS)C(=O)NCC(=O)O)C(=O)O. The van der Waals surface area contributed by atoms with E-state index >= 15 is 0 Å². The topological polar surface area (TPSA) is 639 Å². The summed E-state index contributed by atoms with van der Waals surface area (Å²) in [6.45, 7) is 1.41. The van der Waals surface area contributed by atoms with Crippen molar-refractivity contribution in [3.8, 4) is 0 Å². The van der Waals surface area contributed by atoms with Crippen LogP contribution in [0.25, 0.3) is 0 Å². The minimum Gasteiger partial charge on any atom is -0.480 e. The van der Waals surface area contributed by atoms with Crippen molar-refractivity contribution in [2.24, 2.45) is 46.2 Å². The van der Waals surface area contributed by atoms with Gasteiger partial charge >= 0.3 is 48.3 Å². The van der Waals surface area contributed by atoms with Gasteiger partial charge in [0.05, 0.1) is 46.7 Å². The maximum absolute atomic E-state index is 13.3. The van der Waals surface area contributed by atoms with E-state index in [1.165, 1.54) is 70.2 Å². The van der Waals surface area contributed by atoms with Crippen LogP contribution in [0.4, 0.5) is 19.2 Å². The number of carbonyl (C=O) groups excluding carboxylic acids is 12. The molecule has 107 heavy (non-hydrogen) atoms. The van der Waals surface area contributed by atoms with Crippen LogP contribution in [0.3, 0.4) is 0 Å². The number of ether oxygens (including phenoxy) is 6. The largest absolute Gasteiger partial charge is 0.480 e. The molecule has 8 amide bonds. The first-order valence-electron chi connectivity index (χ1n) is 32.2. The fraction of sp³-hybridized carbons (Fsp3) is 0.525. The van der Waals surface area contributed by atoms with E-state index in [0.29, 0.717) is 5.75 Å². The molecular weight excluding hydrogens is 1520 g/mol. The second-order valence-corrected chi connectivity index (χ2v) is 29.7. The number of nitrogens with two attached hydrogens (primary N) is 6. The molecule has 4 saturated heterocycles. The second-order valence-electron chi connectivity index (χ2n) is 24.3. The number of carboxylic acids is 4. The van der Waals surface area contributed by atoms with Crippen molar-refractivity contribution in [3.63, 3.8) is 0 Å². The van der Waals surface area contributed by atoms with Crippen molar-refractivity contribution in [1.29, 1.82) is 0 Å². The minimum absolute atomic E-state index is 0.00796. The van der Waals surface area contributed by atoms with Crippen molar-refractivity contribution >= 4 is 151 Å². The third-order valence-electron chi connectivity index (χ3n) is 18.0. The Morgan fingerprint density at radius 3 is 1.42 bits per heavy atom. The van der Waals surface area contributed by atoms with E-state index < -0.39 is 180 Å². The predicted octanol–water partition coefficient (Wildman–Crippen LogP) is -3.72. The Morgan fingerprint density at radius 1 is 0.617 bits per heavy atom. The summed E-state index contributed by atoms with van der Waals surface area (Å²) >= 11 is 3.87. The molecule has 8 aliphatic rings. The molecule has 46 heteroatoms. The second kappa shape index (κ2) is 36.8. The molecule has 4 fully saturated rings. The van der Waals surface area contributed by atoms with Crippen LogP contribution in [0.2, 0.25) is 0 Å². The number of fused-ring (bicyclic) bond motifs is 8. The van der Waals surface area contributed by atoms with Crippen LogP contribution in [0.1, 0.15) is 39.5 Å². The average Bonchev–Trinajstić information content (AvgIpc) is 1.49. The Bertz CT molecular complexity index is 3890. The van der Waals surface area contributed by atoms with Crippen LogP contribution in [-0.2, 0) is 86.0 Å². The van der Waals surface area contributed by atoms with E-state index in [9.17, 15) is 76.7 Å². The number of carbonyl (C=O) groups is 16. The number of aliphatic carboxylic acids is 4. The van der Waals surface area contributed by atoms with Gasteiger partial charge in [0.25, 0.3) is 0 Å². The van der Waals surface area contributed by atoms with Crippen LogP contribution < -0.4 is 55.7 Å². The number of aromatic nitrogens is 1. The number of Topliss-reactive ketones (excluding diaryl/α,β-unsaturated/α-hetero) is 4. The van der Waals surface area contributed by atoms with Crippen LogP contribution in [0, 0.1) is 11.8 Å². The lowest BCUT2D eigenvalue weighted by Gasteiger charge is -2.40. The number of nitrogens with zero attached hydrogens (tertiary/aromatic N) is 5. The number of rotatable bonds is 34. The lowest BCUT2D eigenvalue weighted by molar-refractivity contribution is -0.144. The Hall–Kier alpha value is -9.58. The molecule has 20 N–H and O–H groups in total. The molecule has 0 aromatic carbocycles. The molecule has 0 bridgehead atoms. The highest BCUT2D eigenvalue weighted by molar-refractivity contribution is 8.77. The molecule has 0 unspecified atom stereocenters. The smallest absolute Gasteiger partial charge is 0.410 e. The highest BCUT2D eigenvalue weighted by Gasteiger charge is 2.79. The number of primary amides is 2. The van der Waals surface area contributed by atoms with Crippen molar-refractivity contribution in [1.82, 2.24) is 45.9 Å². The molecule has 6 aliphatic heterocycles. The van der Waals surface area contributed by atoms with E-state index in [2.05, 4.69) is 38.9 Å². The summed E-state index contributed by atoms with van der Waals surface area (Å²) in [5.41, 5.74) is 30.4. The number of nitrogens with one attached hydrogen (secondary N) is 4. The maximum Gasteiger partial charge on any atom is 0.410 e. The molecule has 1 aromatic heterocycles. The van der Waals surface area contributed by atoms with Crippen LogP contribution in [0.5, 0.6) is 0 Å². The fourth-order valence-electron chi connectivity index (χ4n) is 12.9. The van der Waals surface area contributed by atoms with Gasteiger partial charge in [-0.25, -0.2) is 24.2 Å². The predicted molar refractivity (Wildman–Crippen MR) is 376 cm³/mol. The van der Waals surface area contributed by atoms with Crippen molar-refractivity contribution in [2.45, 2.75) is 104 Å². The summed E-state index contributed by atoms with van der Waals surface area (Å²) in [5.74, 6) is -10.8. The number of amides is 8. The molecule has 7 heterocycles. The van der Waals surface area contributed by atoms with Gasteiger partial charge in [-0.2, -0.15) is 12.6 Å². The van der Waals surface area contributed by atoms with Gasteiger partial charge in [-0.05, 0) is 49.6 Å². The van der Waals surface area contributed by atoms with Crippen LogP contribution >= 0.6 is 55.8 Å².